The molecule has 0 saturated carbocycles. The molecule has 8 nitrogen and oxygen atoms in total. The molecular weight excluding hydrogens is 394 g/mol. The fraction of sp³-hybridized carbons (Fsp3) is 0.217. The van der Waals surface area contributed by atoms with Crippen molar-refractivity contribution in [2.24, 2.45) is 0 Å². The van der Waals surface area contributed by atoms with Crippen LogP contribution >= 0.6 is 0 Å². The fourth-order valence-electron chi connectivity index (χ4n) is 3.24. The van der Waals surface area contributed by atoms with Crippen LogP contribution in [0.5, 0.6) is 0 Å². The van der Waals surface area contributed by atoms with Gasteiger partial charge in [0.2, 0.25) is 11.8 Å². The first-order valence-electron chi connectivity index (χ1n) is 9.86. The average Bonchev–Trinajstić information content (AvgIpc) is 3.16. The maximum absolute atomic E-state index is 12.8. The number of hydrogen-bond acceptors (Lipinski definition) is 4. The lowest BCUT2D eigenvalue weighted by molar-refractivity contribution is -0.122. The van der Waals surface area contributed by atoms with Crippen molar-refractivity contribution in [3.05, 3.63) is 65.9 Å². The smallest absolute Gasteiger partial charge is 0.251 e. The van der Waals surface area contributed by atoms with Crippen molar-refractivity contribution in [1.29, 1.82) is 5.26 Å². The number of para-hydroxylation sites is 1. The van der Waals surface area contributed by atoms with Crippen molar-refractivity contribution < 1.29 is 14.4 Å². The average molecular weight is 417 g/mol. The fourth-order valence-corrected chi connectivity index (χ4v) is 3.24. The number of nitrogens with one attached hydrogen (secondary N) is 4. The molecular formula is C23H23N5O3. The van der Waals surface area contributed by atoms with E-state index in [1.165, 1.54) is 6.92 Å². The molecule has 0 aliphatic heterocycles. The van der Waals surface area contributed by atoms with Gasteiger partial charge in [-0.05, 0) is 35.9 Å². The lowest BCUT2D eigenvalue weighted by Gasteiger charge is -2.18. The molecule has 3 aromatic rings. The number of hydrogen-bond donors (Lipinski definition) is 4. The second kappa shape index (κ2) is 10.1. The van der Waals surface area contributed by atoms with Crippen LogP contribution in [0.1, 0.15) is 29.3 Å². The Kier molecular flexibility index (Phi) is 7.01. The number of rotatable bonds is 8. The summed E-state index contributed by atoms with van der Waals surface area (Å²) in [7, 11) is 0. The second-order valence-electron chi connectivity index (χ2n) is 7.05. The van der Waals surface area contributed by atoms with E-state index in [0.717, 1.165) is 16.5 Å². The van der Waals surface area contributed by atoms with Gasteiger partial charge in [-0.25, -0.2) is 0 Å². The molecule has 1 atom stereocenters. The van der Waals surface area contributed by atoms with E-state index in [2.05, 4.69) is 20.9 Å². The summed E-state index contributed by atoms with van der Waals surface area (Å²) < 4.78 is 0. The van der Waals surface area contributed by atoms with E-state index >= 15 is 0 Å². The van der Waals surface area contributed by atoms with Crippen molar-refractivity contribution in [2.75, 3.05) is 11.9 Å². The first-order valence-corrected chi connectivity index (χ1v) is 9.86. The summed E-state index contributed by atoms with van der Waals surface area (Å²) in [6.07, 6.45) is 2.30. The van der Waals surface area contributed by atoms with Gasteiger partial charge in [0.05, 0.1) is 12.5 Å². The van der Waals surface area contributed by atoms with Gasteiger partial charge in [-0.15, -0.1) is 0 Å². The van der Waals surface area contributed by atoms with Crippen molar-refractivity contribution in [3.8, 4) is 6.07 Å². The normalized spacial score (nSPS) is 11.4. The number of H-pyrrole nitrogens is 1. The van der Waals surface area contributed by atoms with Crippen molar-refractivity contribution >= 4 is 34.3 Å². The highest BCUT2D eigenvalue weighted by Gasteiger charge is 2.23. The van der Waals surface area contributed by atoms with Gasteiger partial charge in [0.15, 0.2) is 0 Å². The van der Waals surface area contributed by atoms with Crippen LogP contribution in [0.25, 0.3) is 10.9 Å². The Bertz CT molecular complexity index is 1130. The zero-order valence-corrected chi connectivity index (χ0v) is 17.1. The lowest BCUT2D eigenvalue weighted by atomic mass is 10.0. The van der Waals surface area contributed by atoms with Crippen LogP contribution in [-0.2, 0) is 16.0 Å². The largest absolute Gasteiger partial charge is 0.361 e. The Labute approximate surface area is 179 Å². The van der Waals surface area contributed by atoms with Crippen LogP contribution in [0.4, 0.5) is 5.69 Å². The molecule has 8 heteroatoms. The maximum Gasteiger partial charge on any atom is 0.251 e. The number of nitriles is 1. The van der Waals surface area contributed by atoms with E-state index in [1.807, 2.05) is 36.5 Å². The molecule has 3 amide bonds. The monoisotopic (exact) mass is 417 g/mol. The summed E-state index contributed by atoms with van der Waals surface area (Å²) in [5, 5.41) is 17.8. The van der Waals surface area contributed by atoms with Crippen molar-refractivity contribution in [2.45, 2.75) is 25.8 Å². The number of fused-ring (bicyclic) bond motifs is 1. The van der Waals surface area contributed by atoms with Gasteiger partial charge in [-0.2, -0.15) is 5.26 Å². The van der Waals surface area contributed by atoms with Crippen LogP contribution in [0.3, 0.4) is 0 Å². The van der Waals surface area contributed by atoms with Gasteiger partial charge in [0.1, 0.15) is 6.04 Å². The minimum absolute atomic E-state index is 0.185. The second-order valence-corrected chi connectivity index (χ2v) is 7.05. The standard InChI is InChI=1S/C23H23N5O3/c1-15(29)27-18-9-7-16(8-10-18)22(30)28-21(23(31)25-12-4-11-24)13-17-14-26-20-6-3-2-5-19(17)20/h2-3,5-10,14,21,26H,4,12-13H2,1H3,(H,25,31)(H,27,29)(H,28,30). The van der Waals surface area contributed by atoms with Crippen LogP contribution < -0.4 is 16.0 Å². The van der Waals surface area contributed by atoms with Gasteiger partial charge >= 0.3 is 0 Å². The third-order valence-electron chi connectivity index (χ3n) is 4.72. The number of aromatic amines is 1. The molecule has 1 heterocycles. The molecule has 0 bridgehead atoms. The minimum Gasteiger partial charge on any atom is -0.361 e. The Morgan fingerprint density at radius 2 is 1.84 bits per heavy atom. The number of amides is 3. The van der Waals surface area contributed by atoms with Crippen molar-refractivity contribution in [3.63, 3.8) is 0 Å². The molecule has 2 aromatic carbocycles. The third kappa shape index (κ3) is 5.70. The maximum atomic E-state index is 12.8. The number of carbonyl (C=O) groups is 3. The number of anilines is 1. The molecule has 0 radical (unpaired) electrons. The molecule has 158 valence electrons. The Morgan fingerprint density at radius 1 is 1.10 bits per heavy atom. The van der Waals surface area contributed by atoms with E-state index in [1.54, 1.807) is 24.3 Å². The van der Waals surface area contributed by atoms with Crippen LogP contribution in [0.2, 0.25) is 0 Å². The number of aromatic nitrogens is 1. The Morgan fingerprint density at radius 3 is 2.55 bits per heavy atom. The molecule has 0 fully saturated rings. The van der Waals surface area contributed by atoms with Crippen LogP contribution in [0.15, 0.2) is 54.7 Å². The molecule has 0 aliphatic rings. The molecule has 3 rings (SSSR count). The van der Waals surface area contributed by atoms with Gasteiger partial charge in [0.25, 0.3) is 5.91 Å². The summed E-state index contributed by atoms with van der Waals surface area (Å²) in [6.45, 7) is 1.61. The van der Waals surface area contributed by atoms with E-state index in [9.17, 15) is 14.4 Å². The summed E-state index contributed by atoms with van der Waals surface area (Å²) >= 11 is 0. The molecule has 4 N–H and O–H groups in total. The zero-order valence-electron chi connectivity index (χ0n) is 17.1. The van der Waals surface area contributed by atoms with E-state index in [0.29, 0.717) is 11.3 Å². The molecule has 0 aliphatic carbocycles. The highest BCUT2D eigenvalue weighted by atomic mass is 16.2. The number of benzene rings is 2. The van der Waals surface area contributed by atoms with E-state index < -0.39 is 11.9 Å². The van der Waals surface area contributed by atoms with E-state index in [4.69, 9.17) is 5.26 Å². The van der Waals surface area contributed by atoms with Gasteiger partial charge in [-0.3, -0.25) is 14.4 Å². The number of nitrogens with zero attached hydrogens (tertiary/aromatic N) is 1. The Hall–Kier alpha value is -4.12. The molecule has 31 heavy (non-hydrogen) atoms. The SMILES string of the molecule is CC(=O)Nc1ccc(C(=O)NC(Cc2c[nH]c3ccccc23)C(=O)NCCC#N)cc1. The minimum atomic E-state index is -0.819. The highest BCUT2D eigenvalue weighted by molar-refractivity contribution is 5.98. The van der Waals surface area contributed by atoms with Crippen molar-refractivity contribution in [1.82, 2.24) is 15.6 Å². The van der Waals surface area contributed by atoms with Crippen LogP contribution in [-0.4, -0.2) is 35.3 Å². The zero-order chi connectivity index (χ0) is 22.2. The first kappa shape index (κ1) is 21.6. The molecule has 0 saturated heterocycles. The van der Waals surface area contributed by atoms with Gasteiger partial charge in [0, 0.05) is 48.2 Å². The van der Waals surface area contributed by atoms with Crippen LogP contribution in [0, 0.1) is 11.3 Å². The van der Waals surface area contributed by atoms with Gasteiger partial charge < -0.3 is 20.9 Å². The number of carbonyl (C=O) groups excluding carboxylic acids is 3. The van der Waals surface area contributed by atoms with Gasteiger partial charge in [-0.1, -0.05) is 18.2 Å². The molecule has 0 spiro atoms. The summed E-state index contributed by atoms with van der Waals surface area (Å²) in [6, 6.07) is 15.3. The predicted molar refractivity (Wildman–Crippen MR) is 117 cm³/mol. The predicted octanol–water partition coefficient (Wildman–Crippen LogP) is 2.50. The lowest BCUT2D eigenvalue weighted by Crippen LogP contribution is -2.48. The summed E-state index contributed by atoms with van der Waals surface area (Å²) in [5.74, 6) is -0.969. The third-order valence-corrected chi connectivity index (χ3v) is 4.72. The quantitative estimate of drug-likeness (QED) is 0.420. The summed E-state index contributed by atoms with van der Waals surface area (Å²) in [4.78, 5) is 39.8. The molecule has 1 unspecified atom stereocenters. The highest BCUT2D eigenvalue weighted by Crippen LogP contribution is 2.19. The first-order chi connectivity index (χ1) is 15.0. The topological polar surface area (TPSA) is 127 Å². The molecule has 1 aromatic heterocycles. The Balaban J connectivity index is 1.77. The van der Waals surface area contributed by atoms with E-state index in [-0.39, 0.29) is 31.2 Å². The summed E-state index contributed by atoms with van der Waals surface area (Å²) in [5.41, 5.74) is 2.79.